The van der Waals surface area contributed by atoms with Crippen molar-refractivity contribution in [3.63, 3.8) is 0 Å². The van der Waals surface area contributed by atoms with Gasteiger partial charge in [-0.15, -0.1) is 0 Å². The van der Waals surface area contributed by atoms with Crippen molar-refractivity contribution in [1.29, 1.82) is 0 Å². The van der Waals surface area contributed by atoms with Crippen LogP contribution in [0.1, 0.15) is 12.5 Å². The minimum absolute atomic E-state index is 0.139. The number of aromatic nitrogens is 2. The molecular weight excluding hydrogens is 412 g/mol. The molecule has 0 unspecified atom stereocenters. The Kier molecular flexibility index (Phi) is 5.29. The van der Waals surface area contributed by atoms with Gasteiger partial charge in [-0.1, -0.05) is 25.1 Å². The Morgan fingerprint density at radius 3 is 2.03 bits per heavy atom. The van der Waals surface area contributed by atoms with Gasteiger partial charge in [-0.3, -0.25) is 0 Å². The van der Waals surface area contributed by atoms with Gasteiger partial charge in [-0.25, -0.2) is 13.1 Å². The number of sulfone groups is 1. The summed E-state index contributed by atoms with van der Waals surface area (Å²) >= 11 is 0. The van der Waals surface area contributed by atoms with Crippen LogP contribution in [0.4, 0.5) is 0 Å². The van der Waals surface area contributed by atoms with Crippen molar-refractivity contribution in [3.05, 3.63) is 78.4 Å². The van der Waals surface area contributed by atoms with E-state index in [1.807, 2.05) is 6.92 Å². The van der Waals surface area contributed by atoms with Crippen LogP contribution in [-0.2, 0) is 16.3 Å². The standard InChI is InChI=1S/C24H22N2O4S/c1-3-20-23(21-6-4-5-7-22(21)31(2,29)30)25-26(17-10-14-19(28)15-11-17)24(20)16-8-12-18(27)13-9-16/h4-15,27-28H,3H2,1-2H3. The average Bonchev–Trinajstić information content (AvgIpc) is 3.13. The predicted molar refractivity (Wildman–Crippen MR) is 120 cm³/mol. The van der Waals surface area contributed by atoms with Crippen molar-refractivity contribution >= 4 is 9.84 Å². The first-order chi connectivity index (χ1) is 14.8. The summed E-state index contributed by atoms with van der Waals surface area (Å²) in [6.07, 6.45) is 1.80. The highest BCUT2D eigenvalue weighted by Crippen LogP contribution is 2.37. The van der Waals surface area contributed by atoms with E-state index in [-0.39, 0.29) is 16.4 Å². The summed E-state index contributed by atoms with van der Waals surface area (Å²) in [5.74, 6) is 0.292. The zero-order valence-electron chi connectivity index (χ0n) is 17.1. The summed E-state index contributed by atoms with van der Waals surface area (Å²) in [5, 5.41) is 24.3. The molecule has 0 aliphatic carbocycles. The summed E-state index contributed by atoms with van der Waals surface area (Å²) in [6, 6.07) is 20.3. The van der Waals surface area contributed by atoms with E-state index >= 15 is 0 Å². The Morgan fingerprint density at radius 1 is 0.871 bits per heavy atom. The average molecular weight is 435 g/mol. The van der Waals surface area contributed by atoms with Crippen molar-refractivity contribution in [2.24, 2.45) is 0 Å². The van der Waals surface area contributed by atoms with Crippen molar-refractivity contribution in [3.8, 4) is 39.7 Å². The predicted octanol–water partition coefficient (Wildman–Crippen LogP) is 4.58. The van der Waals surface area contributed by atoms with Crippen molar-refractivity contribution in [2.45, 2.75) is 18.2 Å². The molecule has 6 nitrogen and oxygen atoms in total. The van der Waals surface area contributed by atoms with E-state index < -0.39 is 9.84 Å². The van der Waals surface area contributed by atoms with E-state index in [2.05, 4.69) is 0 Å². The summed E-state index contributed by atoms with van der Waals surface area (Å²) in [5.41, 5.74) is 4.36. The number of hydrogen-bond donors (Lipinski definition) is 2. The van der Waals surface area contributed by atoms with Crippen LogP contribution in [-0.4, -0.2) is 34.7 Å². The monoisotopic (exact) mass is 434 g/mol. The van der Waals surface area contributed by atoms with Gasteiger partial charge in [0.1, 0.15) is 11.5 Å². The quantitative estimate of drug-likeness (QED) is 0.480. The second-order valence-electron chi connectivity index (χ2n) is 7.27. The molecule has 0 fully saturated rings. The molecule has 0 aliphatic heterocycles. The van der Waals surface area contributed by atoms with Crippen LogP contribution in [0.15, 0.2) is 77.7 Å². The van der Waals surface area contributed by atoms with E-state index in [4.69, 9.17) is 5.10 Å². The van der Waals surface area contributed by atoms with Crippen molar-refractivity contribution < 1.29 is 18.6 Å². The lowest BCUT2D eigenvalue weighted by Crippen LogP contribution is -2.01. The Labute approximate surface area is 181 Å². The molecule has 31 heavy (non-hydrogen) atoms. The van der Waals surface area contributed by atoms with Gasteiger partial charge >= 0.3 is 0 Å². The molecule has 0 aliphatic rings. The highest BCUT2D eigenvalue weighted by atomic mass is 32.2. The third kappa shape index (κ3) is 3.92. The number of aromatic hydroxyl groups is 2. The molecule has 0 spiro atoms. The fraction of sp³-hybridized carbons (Fsp3) is 0.125. The highest BCUT2D eigenvalue weighted by molar-refractivity contribution is 7.90. The van der Waals surface area contributed by atoms with E-state index in [1.54, 1.807) is 77.5 Å². The van der Waals surface area contributed by atoms with Crippen LogP contribution in [0.5, 0.6) is 11.5 Å². The normalized spacial score (nSPS) is 11.5. The number of phenolic OH excluding ortho intramolecular Hbond substituents is 2. The molecule has 0 radical (unpaired) electrons. The number of hydrogen-bond acceptors (Lipinski definition) is 5. The first kappa shape index (κ1) is 20.7. The molecule has 4 aromatic rings. The van der Waals surface area contributed by atoms with Crippen LogP contribution in [0, 0.1) is 0 Å². The molecule has 158 valence electrons. The summed E-state index contributed by atoms with van der Waals surface area (Å²) in [4.78, 5) is 0.220. The second-order valence-corrected chi connectivity index (χ2v) is 9.26. The van der Waals surface area contributed by atoms with Gasteiger partial charge in [-0.05, 0) is 61.0 Å². The molecule has 3 aromatic carbocycles. The number of rotatable bonds is 5. The zero-order valence-corrected chi connectivity index (χ0v) is 18.0. The van der Waals surface area contributed by atoms with Crippen LogP contribution < -0.4 is 0 Å². The van der Waals surface area contributed by atoms with Gasteiger partial charge in [0.15, 0.2) is 9.84 Å². The maximum atomic E-state index is 12.4. The van der Waals surface area contributed by atoms with E-state index in [0.717, 1.165) is 22.5 Å². The van der Waals surface area contributed by atoms with Gasteiger partial charge in [-0.2, -0.15) is 5.10 Å². The van der Waals surface area contributed by atoms with Crippen LogP contribution in [0.3, 0.4) is 0 Å². The van der Waals surface area contributed by atoms with Crippen LogP contribution in [0.25, 0.3) is 28.2 Å². The molecule has 0 amide bonds. The molecule has 0 atom stereocenters. The fourth-order valence-corrected chi connectivity index (χ4v) is 4.57. The van der Waals surface area contributed by atoms with E-state index in [9.17, 15) is 18.6 Å². The van der Waals surface area contributed by atoms with Gasteiger partial charge in [0.25, 0.3) is 0 Å². The minimum atomic E-state index is -3.47. The smallest absolute Gasteiger partial charge is 0.176 e. The maximum Gasteiger partial charge on any atom is 0.176 e. The summed E-state index contributed by atoms with van der Waals surface area (Å²) < 4.78 is 26.6. The number of benzene rings is 3. The van der Waals surface area contributed by atoms with E-state index in [0.29, 0.717) is 17.7 Å². The molecule has 2 N–H and O–H groups in total. The van der Waals surface area contributed by atoms with E-state index in [1.165, 1.54) is 6.26 Å². The van der Waals surface area contributed by atoms with Crippen LogP contribution in [0.2, 0.25) is 0 Å². The molecule has 0 saturated carbocycles. The molecule has 7 heteroatoms. The minimum Gasteiger partial charge on any atom is -0.508 e. The summed E-state index contributed by atoms with van der Waals surface area (Å²) in [6.45, 7) is 1.99. The topological polar surface area (TPSA) is 92.4 Å². The Hall–Kier alpha value is -3.58. The van der Waals surface area contributed by atoms with Gasteiger partial charge < -0.3 is 10.2 Å². The Balaban J connectivity index is 2.06. The SMILES string of the molecule is CCc1c(-c2ccccc2S(C)(=O)=O)nn(-c2ccc(O)cc2)c1-c1ccc(O)cc1. The largest absolute Gasteiger partial charge is 0.508 e. The first-order valence-electron chi connectivity index (χ1n) is 9.79. The number of nitrogens with zero attached hydrogens (tertiary/aromatic N) is 2. The molecule has 1 aromatic heterocycles. The van der Waals surface area contributed by atoms with Crippen LogP contribution >= 0.6 is 0 Å². The van der Waals surface area contributed by atoms with Crippen molar-refractivity contribution in [1.82, 2.24) is 9.78 Å². The van der Waals surface area contributed by atoms with Gasteiger partial charge in [0.2, 0.25) is 0 Å². The fourth-order valence-electron chi connectivity index (χ4n) is 3.68. The molecular formula is C24H22N2O4S. The lowest BCUT2D eigenvalue weighted by Gasteiger charge is -2.10. The van der Waals surface area contributed by atoms with Crippen molar-refractivity contribution in [2.75, 3.05) is 6.26 Å². The third-order valence-corrected chi connectivity index (χ3v) is 6.27. The first-order valence-corrected chi connectivity index (χ1v) is 11.7. The lowest BCUT2D eigenvalue weighted by molar-refractivity contribution is 0.474. The number of phenols is 2. The van der Waals surface area contributed by atoms with Gasteiger partial charge in [0, 0.05) is 22.9 Å². The molecule has 0 bridgehead atoms. The molecule has 4 rings (SSSR count). The zero-order chi connectivity index (χ0) is 22.2. The second kappa shape index (κ2) is 7.92. The van der Waals surface area contributed by atoms with Gasteiger partial charge in [0.05, 0.1) is 22.0 Å². The molecule has 1 heterocycles. The lowest BCUT2D eigenvalue weighted by atomic mass is 9.99. The Morgan fingerprint density at radius 2 is 1.45 bits per heavy atom. The maximum absolute atomic E-state index is 12.4. The third-order valence-electron chi connectivity index (χ3n) is 5.11. The molecule has 0 saturated heterocycles. The Bertz CT molecular complexity index is 1340. The summed E-state index contributed by atoms with van der Waals surface area (Å²) in [7, 11) is -3.47. The highest BCUT2D eigenvalue weighted by Gasteiger charge is 2.24.